The Hall–Kier alpha value is -1.57. The van der Waals surface area contributed by atoms with Crippen molar-refractivity contribution < 1.29 is 24.3 Å². The number of hydrazine groups is 1. The van der Waals surface area contributed by atoms with Gasteiger partial charge in [0.1, 0.15) is 0 Å². The number of rotatable bonds is 3. The van der Waals surface area contributed by atoms with Crippen LogP contribution in [0, 0.1) is 5.92 Å². The van der Waals surface area contributed by atoms with Crippen LogP contribution in [0.1, 0.15) is 32.6 Å². The van der Waals surface area contributed by atoms with Gasteiger partial charge in [0.05, 0.1) is 0 Å². The van der Waals surface area contributed by atoms with Gasteiger partial charge in [0, 0.05) is 31.6 Å². The molecule has 0 bridgehead atoms. The molecule has 2 amide bonds. The Morgan fingerprint density at radius 2 is 2.05 bits per heavy atom. The topological polar surface area (TPSA) is 95.0 Å². The molecular formula is C13H18N2O5S. The summed E-state index contributed by atoms with van der Waals surface area (Å²) in [5, 5.41) is 11.6. The van der Waals surface area contributed by atoms with Crippen LogP contribution >= 0.6 is 11.8 Å². The molecule has 0 spiro atoms. The highest BCUT2D eigenvalue weighted by molar-refractivity contribution is 8.13. The largest absolute Gasteiger partial charge is 0.480 e. The summed E-state index contributed by atoms with van der Waals surface area (Å²) in [6.45, 7) is 1.80. The molecule has 1 N–H and O–H groups in total. The fourth-order valence-electron chi connectivity index (χ4n) is 2.69. The molecule has 8 heteroatoms. The predicted octanol–water partition coefficient (Wildman–Crippen LogP) is 0.495. The van der Waals surface area contributed by atoms with Crippen LogP contribution in [0.4, 0.5) is 0 Å². The molecule has 0 radical (unpaired) electrons. The molecule has 2 heterocycles. The van der Waals surface area contributed by atoms with E-state index < -0.39 is 17.9 Å². The Morgan fingerprint density at radius 3 is 2.67 bits per heavy atom. The SMILES string of the molecule is CC(=O)SC[C@@H]1CCC(=O)N2CCC[C@@H](C(=O)O)N2C1=O. The van der Waals surface area contributed by atoms with Crippen molar-refractivity contribution in [3.63, 3.8) is 0 Å². The van der Waals surface area contributed by atoms with Crippen LogP contribution in [0.15, 0.2) is 0 Å². The third-order valence-corrected chi connectivity index (χ3v) is 4.72. The maximum Gasteiger partial charge on any atom is 0.328 e. The van der Waals surface area contributed by atoms with Gasteiger partial charge in [-0.15, -0.1) is 0 Å². The normalized spacial score (nSPS) is 26.3. The van der Waals surface area contributed by atoms with Crippen molar-refractivity contribution in [2.45, 2.75) is 38.6 Å². The molecule has 21 heavy (non-hydrogen) atoms. The van der Waals surface area contributed by atoms with Crippen molar-refractivity contribution in [3.8, 4) is 0 Å². The molecular weight excluding hydrogens is 296 g/mol. The zero-order valence-corrected chi connectivity index (χ0v) is 12.6. The van der Waals surface area contributed by atoms with Crippen LogP contribution in [0.2, 0.25) is 0 Å². The second-order valence-corrected chi connectivity index (χ2v) is 6.43. The molecule has 2 aliphatic rings. The van der Waals surface area contributed by atoms with Crippen LogP contribution in [0.3, 0.4) is 0 Å². The van der Waals surface area contributed by atoms with E-state index >= 15 is 0 Å². The number of carbonyl (C=O) groups is 4. The fraction of sp³-hybridized carbons (Fsp3) is 0.692. The number of aliphatic carboxylic acids is 1. The second kappa shape index (κ2) is 6.46. The first-order valence-corrected chi connectivity index (χ1v) is 7.90. The Labute approximate surface area is 126 Å². The maximum atomic E-state index is 12.6. The lowest BCUT2D eigenvalue weighted by Crippen LogP contribution is -2.60. The molecule has 0 aromatic carbocycles. The minimum absolute atomic E-state index is 0.0938. The molecule has 0 saturated carbocycles. The number of fused-ring (bicyclic) bond motifs is 1. The second-order valence-electron chi connectivity index (χ2n) is 5.23. The first kappa shape index (κ1) is 15.8. The van der Waals surface area contributed by atoms with Gasteiger partial charge in [-0.25, -0.2) is 9.80 Å². The summed E-state index contributed by atoms with van der Waals surface area (Å²) in [7, 11) is 0. The number of carboxylic acid groups (broad SMARTS) is 1. The molecule has 2 rings (SSSR count). The van der Waals surface area contributed by atoms with E-state index in [2.05, 4.69) is 0 Å². The van der Waals surface area contributed by atoms with Gasteiger partial charge in [-0.05, 0) is 19.3 Å². The predicted molar refractivity (Wildman–Crippen MR) is 75.1 cm³/mol. The standard InChI is InChI=1S/C13H18N2O5S/c1-8(16)21-7-9-4-5-11(17)14-6-2-3-10(13(19)20)15(14)12(9)18/h9-10H,2-7H2,1H3,(H,19,20)/t9-,10-/m0/s1. The molecule has 2 aliphatic heterocycles. The molecule has 0 aromatic rings. The number of carboxylic acids is 1. The Balaban J connectivity index is 2.24. The third-order valence-electron chi connectivity index (χ3n) is 3.75. The molecule has 0 aliphatic carbocycles. The number of thioether (sulfide) groups is 1. The summed E-state index contributed by atoms with van der Waals surface area (Å²) in [4.78, 5) is 47.1. The van der Waals surface area contributed by atoms with E-state index in [-0.39, 0.29) is 29.1 Å². The molecule has 0 aromatic heterocycles. The number of hydrogen-bond donors (Lipinski definition) is 1. The van der Waals surface area contributed by atoms with Gasteiger partial charge in [0.15, 0.2) is 11.2 Å². The van der Waals surface area contributed by atoms with Crippen LogP contribution in [0.5, 0.6) is 0 Å². The minimum atomic E-state index is -1.10. The summed E-state index contributed by atoms with van der Waals surface area (Å²) in [6.07, 6.45) is 1.48. The highest BCUT2D eigenvalue weighted by atomic mass is 32.2. The van der Waals surface area contributed by atoms with Gasteiger partial charge in [0.2, 0.25) is 11.8 Å². The highest BCUT2D eigenvalue weighted by Crippen LogP contribution is 2.29. The van der Waals surface area contributed by atoms with E-state index in [1.54, 1.807) is 0 Å². The minimum Gasteiger partial charge on any atom is -0.480 e. The van der Waals surface area contributed by atoms with Crippen LogP contribution in [-0.2, 0) is 19.2 Å². The van der Waals surface area contributed by atoms with E-state index in [9.17, 15) is 24.3 Å². The van der Waals surface area contributed by atoms with Crippen molar-refractivity contribution in [1.29, 1.82) is 0 Å². The highest BCUT2D eigenvalue weighted by Gasteiger charge is 2.44. The van der Waals surface area contributed by atoms with E-state index in [1.165, 1.54) is 11.9 Å². The lowest BCUT2D eigenvalue weighted by molar-refractivity contribution is -0.181. The number of carbonyl (C=O) groups excluding carboxylic acids is 3. The summed E-state index contributed by atoms with van der Waals surface area (Å²) in [6, 6.07) is -0.988. The zero-order valence-electron chi connectivity index (χ0n) is 11.8. The first-order valence-electron chi connectivity index (χ1n) is 6.91. The number of nitrogens with zero attached hydrogens (tertiary/aromatic N) is 2. The summed E-state index contributed by atoms with van der Waals surface area (Å²) < 4.78 is 0. The molecule has 7 nitrogen and oxygen atoms in total. The van der Waals surface area contributed by atoms with Crippen molar-refractivity contribution >= 4 is 34.7 Å². The first-order chi connectivity index (χ1) is 9.91. The van der Waals surface area contributed by atoms with E-state index in [0.29, 0.717) is 25.8 Å². The Bertz CT molecular complexity index is 481. The quantitative estimate of drug-likeness (QED) is 0.815. The van der Waals surface area contributed by atoms with Gasteiger partial charge >= 0.3 is 5.97 Å². The van der Waals surface area contributed by atoms with Crippen molar-refractivity contribution in [2.75, 3.05) is 12.3 Å². The van der Waals surface area contributed by atoms with E-state index in [4.69, 9.17) is 0 Å². The average Bonchev–Trinajstić information content (AvgIpc) is 2.55. The van der Waals surface area contributed by atoms with Crippen LogP contribution in [0.25, 0.3) is 0 Å². The van der Waals surface area contributed by atoms with Crippen molar-refractivity contribution in [2.24, 2.45) is 5.92 Å². The van der Waals surface area contributed by atoms with Gasteiger partial charge in [-0.1, -0.05) is 11.8 Å². The van der Waals surface area contributed by atoms with Gasteiger partial charge in [-0.3, -0.25) is 19.4 Å². The summed E-state index contributed by atoms with van der Waals surface area (Å²) in [5.41, 5.74) is 0. The Morgan fingerprint density at radius 1 is 1.33 bits per heavy atom. The molecule has 2 saturated heterocycles. The van der Waals surface area contributed by atoms with Gasteiger partial charge < -0.3 is 5.11 Å². The lowest BCUT2D eigenvalue weighted by Gasteiger charge is -2.41. The number of amides is 2. The van der Waals surface area contributed by atoms with Crippen molar-refractivity contribution in [1.82, 2.24) is 10.0 Å². The van der Waals surface area contributed by atoms with Crippen molar-refractivity contribution in [3.05, 3.63) is 0 Å². The third kappa shape index (κ3) is 3.37. The average molecular weight is 314 g/mol. The fourth-order valence-corrected chi connectivity index (χ4v) is 3.43. The summed E-state index contributed by atoms with van der Waals surface area (Å²) in [5.74, 6) is -1.88. The van der Waals surface area contributed by atoms with Crippen LogP contribution in [-0.4, -0.2) is 56.4 Å². The molecule has 0 unspecified atom stereocenters. The lowest BCUT2D eigenvalue weighted by atomic mass is 10.0. The molecule has 2 fully saturated rings. The maximum absolute atomic E-state index is 12.6. The molecule has 2 atom stereocenters. The van der Waals surface area contributed by atoms with E-state index in [1.807, 2.05) is 0 Å². The van der Waals surface area contributed by atoms with Gasteiger partial charge in [0.25, 0.3) is 0 Å². The monoisotopic (exact) mass is 314 g/mol. The number of hydrogen-bond acceptors (Lipinski definition) is 5. The van der Waals surface area contributed by atoms with Gasteiger partial charge in [-0.2, -0.15) is 0 Å². The summed E-state index contributed by atoms with van der Waals surface area (Å²) >= 11 is 1.04. The Kier molecular flexibility index (Phi) is 4.87. The zero-order chi connectivity index (χ0) is 15.6. The smallest absolute Gasteiger partial charge is 0.328 e. The van der Waals surface area contributed by atoms with E-state index in [0.717, 1.165) is 16.8 Å². The van der Waals surface area contributed by atoms with Crippen LogP contribution < -0.4 is 0 Å². The molecule has 116 valence electrons.